The molecule has 0 aliphatic carbocycles. The lowest BCUT2D eigenvalue weighted by molar-refractivity contribution is 1.12. The van der Waals surface area contributed by atoms with Gasteiger partial charge in [0, 0.05) is 18.1 Å². The fourth-order valence-electron chi connectivity index (χ4n) is 1.92. The van der Waals surface area contributed by atoms with Crippen molar-refractivity contribution in [2.75, 3.05) is 11.2 Å². The van der Waals surface area contributed by atoms with Crippen LogP contribution in [0.3, 0.4) is 0 Å². The highest BCUT2D eigenvalue weighted by molar-refractivity contribution is 6.17. The van der Waals surface area contributed by atoms with Gasteiger partial charge in [-0.3, -0.25) is 0 Å². The number of nitrogens with one attached hydrogen (secondary N) is 1. The van der Waals surface area contributed by atoms with Crippen molar-refractivity contribution in [1.82, 2.24) is 0 Å². The first-order valence-electron chi connectivity index (χ1n) is 6.22. The summed E-state index contributed by atoms with van der Waals surface area (Å²) in [5, 5.41) is 3.42. The van der Waals surface area contributed by atoms with Crippen molar-refractivity contribution >= 4 is 17.3 Å². The first-order valence-corrected chi connectivity index (χ1v) is 6.76. The van der Waals surface area contributed by atoms with Crippen molar-refractivity contribution in [1.29, 1.82) is 0 Å². The molecular weight excluding hydrogens is 242 g/mol. The number of aryl methyl sites for hydroxylation is 2. The molecule has 0 saturated heterocycles. The van der Waals surface area contributed by atoms with Crippen molar-refractivity contribution in [3.8, 4) is 0 Å². The minimum atomic E-state index is 0.677. The quantitative estimate of drug-likeness (QED) is 0.786. The lowest BCUT2D eigenvalue weighted by atomic mass is 10.1. The normalized spacial score (nSPS) is 10.3. The molecule has 0 atom stereocenters. The molecule has 0 aliphatic rings. The van der Waals surface area contributed by atoms with Crippen LogP contribution >= 0.6 is 11.6 Å². The summed E-state index contributed by atoms with van der Waals surface area (Å²) in [6.45, 7) is 2.97. The van der Waals surface area contributed by atoms with Crippen LogP contribution in [0.4, 0.5) is 5.69 Å². The van der Waals surface area contributed by atoms with Crippen molar-refractivity contribution in [3.05, 3.63) is 65.2 Å². The first-order chi connectivity index (χ1) is 8.78. The van der Waals surface area contributed by atoms with Gasteiger partial charge >= 0.3 is 0 Å². The monoisotopic (exact) mass is 259 g/mol. The predicted octanol–water partition coefficient (Wildman–Crippen LogP) is 4.39. The van der Waals surface area contributed by atoms with Crippen LogP contribution in [0.1, 0.15) is 16.7 Å². The second kappa shape index (κ2) is 6.46. The molecule has 0 spiro atoms. The topological polar surface area (TPSA) is 12.0 Å². The maximum Gasteiger partial charge on any atom is 0.0400 e. The zero-order valence-corrected chi connectivity index (χ0v) is 11.4. The van der Waals surface area contributed by atoms with Gasteiger partial charge in [0.1, 0.15) is 0 Å². The van der Waals surface area contributed by atoms with E-state index < -0.39 is 0 Å². The third-order valence-corrected chi connectivity index (χ3v) is 3.11. The van der Waals surface area contributed by atoms with Crippen LogP contribution in [-0.4, -0.2) is 5.88 Å². The fraction of sp³-hybridized carbons (Fsp3) is 0.250. The Labute approximate surface area is 114 Å². The van der Waals surface area contributed by atoms with E-state index in [-0.39, 0.29) is 0 Å². The maximum absolute atomic E-state index is 5.72. The van der Waals surface area contributed by atoms with Crippen LogP contribution < -0.4 is 5.32 Å². The summed E-state index contributed by atoms with van der Waals surface area (Å²) in [5.74, 6) is 0.677. The number of hydrogen-bond donors (Lipinski definition) is 1. The standard InChI is InChI=1S/C16H18ClN/c1-13-3-2-4-15(11-13)12-18-16-7-5-14(6-8-16)9-10-17/h2-8,11,18H,9-10,12H2,1H3. The number of rotatable bonds is 5. The summed E-state index contributed by atoms with van der Waals surface area (Å²) in [6, 6.07) is 17.0. The Hall–Kier alpha value is -1.47. The molecule has 0 radical (unpaired) electrons. The minimum Gasteiger partial charge on any atom is -0.381 e. The van der Waals surface area contributed by atoms with E-state index in [0.29, 0.717) is 5.88 Å². The van der Waals surface area contributed by atoms with E-state index in [2.05, 4.69) is 60.8 Å². The Kier molecular flexibility index (Phi) is 4.66. The molecule has 0 saturated carbocycles. The highest BCUT2D eigenvalue weighted by Crippen LogP contribution is 2.12. The molecule has 18 heavy (non-hydrogen) atoms. The number of halogens is 1. The Bertz CT molecular complexity index is 491. The SMILES string of the molecule is Cc1cccc(CNc2ccc(CCCl)cc2)c1. The summed E-state index contributed by atoms with van der Waals surface area (Å²) >= 11 is 5.72. The Morgan fingerprint density at radius 2 is 1.78 bits per heavy atom. The van der Waals surface area contributed by atoms with Gasteiger partial charge in [-0.15, -0.1) is 11.6 Å². The zero-order chi connectivity index (χ0) is 12.8. The van der Waals surface area contributed by atoms with E-state index in [9.17, 15) is 0 Å². The second-order valence-corrected chi connectivity index (χ2v) is 4.86. The van der Waals surface area contributed by atoms with Gasteiger partial charge in [0.15, 0.2) is 0 Å². The molecule has 0 bridgehead atoms. The fourth-order valence-corrected chi connectivity index (χ4v) is 2.14. The van der Waals surface area contributed by atoms with Crippen LogP contribution in [-0.2, 0) is 13.0 Å². The predicted molar refractivity (Wildman–Crippen MR) is 79.4 cm³/mol. The number of anilines is 1. The Balaban J connectivity index is 1.93. The molecule has 2 rings (SSSR count). The molecule has 0 aromatic heterocycles. The van der Waals surface area contributed by atoms with E-state index in [0.717, 1.165) is 18.7 Å². The van der Waals surface area contributed by atoms with Gasteiger partial charge in [0.05, 0.1) is 0 Å². The van der Waals surface area contributed by atoms with Gasteiger partial charge in [-0.1, -0.05) is 42.0 Å². The number of alkyl halides is 1. The van der Waals surface area contributed by atoms with Crippen LogP contribution in [0.15, 0.2) is 48.5 Å². The van der Waals surface area contributed by atoms with E-state index in [4.69, 9.17) is 11.6 Å². The summed E-state index contributed by atoms with van der Waals surface area (Å²) in [6.07, 6.45) is 0.930. The van der Waals surface area contributed by atoms with Crippen LogP contribution in [0.25, 0.3) is 0 Å². The van der Waals surface area contributed by atoms with E-state index in [1.807, 2.05) is 0 Å². The van der Waals surface area contributed by atoms with Crippen LogP contribution in [0.2, 0.25) is 0 Å². The number of benzene rings is 2. The largest absolute Gasteiger partial charge is 0.381 e. The van der Waals surface area contributed by atoms with Crippen LogP contribution in [0, 0.1) is 6.92 Å². The molecular formula is C16H18ClN. The van der Waals surface area contributed by atoms with Gasteiger partial charge in [0.2, 0.25) is 0 Å². The highest BCUT2D eigenvalue weighted by Gasteiger charge is 1.96. The highest BCUT2D eigenvalue weighted by atomic mass is 35.5. The van der Waals surface area contributed by atoms with Crippen LogP contribution in [0.5, 0.6) is 0 Å². The van der Waals surface area contributed by atoms with Gasteiger partial charge in [-0.05, 0) is 36.6 Å². The molecule has 2 aromatic rings. The first kappa shape index (κ1) is 13.0. The lowest BCUT2D eigenvalue weighted by Crippen LogP contribution is -1.99. The van der Waals surface area contributed by atoms with Gasteiger partial charge in [-0.2, -0.15) is 0 Å². The maximum atomic E-state index is 5.72. The van der Waals surface area contributed by atoms with Gasteiger partial charge < -0.3 is 5.32 Å². The van der Waals surface area contributed by atoms with E-state index in [1.165, 1.54) is 16.7 Å². The van der Waals surface area contributed by atoms with Gasteiger partial charge in [-0.25, -0.2) is 0 Å². The van der Waals surface area contributed by atoms with E-state index in [1.54, 1.807) is 0 Å². The molecule has 0 fully saturated rings. The van der Waals surface area contributed by atoms with Crippen molar-refractivity contribution in [3.63, 3.8) is 0 Å². The molecule has 0 heterocycles. The van der Waals surface area contributed by atoms with Gasteiger partial charge in [0.25, 0.3) is 0 Å². The third-order valence-electron chi connectivity index (χ3n) is 2.92. The lowest BCUT2D eigenvalue weighted by Gasteiger charge is -2.08. The zero-order valence-electron chi connectivity index (χ0n) is 10.6. The second-order valence-electron chi connectivity index (χ2n) is 4.48. The summed E-state index contributed by atoms with van der Waals surface area (Å²) in [7, 11) is 0. The van der Waals surface area contributed by atoms with E-state index >= 15 is 0 Å². The molecule has 1 nitrogen and oxygen atoms in total. The molecule has 1 N–H and O–H groups in total. The summed E-state index contributed by atoms with van der Waals surface area (Å²) in [5.41, 5.74) is 5.03. The third kappa shape index (κ3) is 3.78. The number of hydrogen-bond acceptors (Lipinski definition) is 1. The minimum absolute atomic E-state index is 0.677. The summed E-state index contributed by atoms with van der Waals surface area (Å²) < 4.78 is 0. The smallest absolute Gasteiger partial charge is 0.0400 e. The Morgan fingerprint density at radius 1 is 1.00 bits per heavy atom. The molecule has 2 aromatic carbocycles. The van der Waals surface area contributed by atoms with Crippen molar-refractivity contribution in [2.45, 2.75) is 19.9 Å². The average Bonchev–Trinajstić information content (AvgIpc) is 2.38. The van der Waals surface area contributed by atoms with Crippen molar-refractivity contribution < 1.29 is 0 Å². The Morgan fingerprint density at radius 3 is 2.44 bits per heavy atom. The molecule has 0 aliphatic heterocycles. The summed E-state index contributed by atoms with van der Waals surface area (Å²) in [4.78, 5) is 0. The molecule has 2 heteroatoms. The van der Waals surface area contributed by atoms with Crippen molar-refractivity contribution in [2.24, 2.45) is 0 Å². The molecule has 0 amide bonds. The average molecular weight is 260 g/mol. The molecule has 94 valence electrons. The molecule has 0 unspecified atom stereocenters.